The van der Waals surface area contributed by atoms with Gasteiger partial charge in [-0.15, -0.1) is 0 Å². The zero-order chi connectivity index (χ0) is 16.5. The molecule has 1 fully saturated rings. The molecule has 1 aliphatic carbocycles. The third-order valence-electron chi connectivity index (χ3n) is 4.50. The molecule has 1 aromatic heterocycles. The number of hydrogen-bond donors (Lipinski definition) is 0. The van der Waals surface area contributed by atoms with Crippen LogP contribution in [0.3, 0.4) is 0 Å². The SMILES string of the molecule is Cc1ccc(S(=O)(=O)C2(c3ccccn3)CCCCC2=O)cc1. The summed E-state index contributed by atoms with van der Waals surface area (Å²) in [6.45, 7) is 1.90. The van der Waals surface area contributed by atoms with E-state index >= 15 is 0 Å². The van der Waals surface area contributed by atoms with Crippen LogP contribution in [0, 0.1) is 6.92 Å². The zero-order valence-corrected chi connectivity index (χ0v) is 13.8. The second-order valence-electron chi connectivity index (χ2n) is 5.99. The van der Waals surface area contributed by atoms with E-state index in [9.17, 15) is 13.2 Å². The molecule has 1 atom stereocenters. The molecule has 0 spiro atoms. The Hall–Kier alpha value is -2.01. The lowest BCUT2D eigenvalue weighted by molar-refractivity contribution is -0.123. The molecular weight excluding hydrogens is 310 g/mol. The van der Waals surface area contributed by atoms with E-state index in [4.69, 9.17) is 0 Å². The van der Waals surface area contributed by atoms with Crippen LogP contribution >= 0.6 is 0 Å². The van der Waals surface area contributed by atoms with Gasteiger partial charge in [0.1, 0.15) is 0 Å². The molecule has 1 aliphatic rings. The maximum Gasteiger partial charge on any atom is 0.196 e. The van der Waals surface area contributed by atoms with Crippen molar-refractivity contribution in [1.82, 2.24) is 4.98 Å². The minimum Gasteiger partial charge on any atom is -0.297 e. The van der Waals surface area contributed by atoms with Gasteiger partial charge in [0.15, 0.2) is 20.4 Å². The lowest BCUT2D eigenvalue weighted by atomic mass is 9.84. The Bertz CT molecular complexity index is 813. The number of rotatable bonds is 3. The molecule has 1 aromatic carbocycles. The van der Waals surface area contributed by atoms with E-state index in [-0.39, 0.29) is 17.1 Å². The maximum atomic E-state index is 13.4. The van der Waals surface area contributed by atoms with Crippen LogP contribution in [0.15, 0.2) is 53.6 Å². The fourth-order valence-electron chi connectivity index (χ4n) is 3.21. The van der Waals surface area contributed by atoms with Crippen LogP contribution in [0.2, 0.25) is 0 Å². The van der Waals surface area contributed by atoms with Crippen molar-refractivity contribution in [3.05, 3.63) is 59.9 Å². The Morgan fingerprint density at radius 2 is 1.78 bits per heavy atom. The number of nitrogens with zero attached hydrogens (tertiary/aromatic N) is 1. The monoisotopic (exact) mass is 329 g/mol. The normalized spacial score (nSPS) is 22.0. The first-order valence-corrected chi connectivity index (χ1v) is 9.23. The first-order valence-electron chi connectivity index (χ1n) is 7.74. The first kappa shape index (κ1) is 15.9. The van der Waals surface area contributed by atoms with Crippen LogP contribution in [0.25, 0.3) is 0 Å². The Kier molecular flexibility index (Phi) is 4.06. The molecule has 0 saturated heterocycles. The molecule has 3 rings (SSSR count). The average Bonchev–Trinajstić information content (AvgIpc) is 2.56. The Balaban J connectivity index is 2.23. The van der Waals surface area contributed by atoms with E-state index in [2.05, 4.69) is 4.98 Å². The summed E-state index contributed by atoms with van der Waals surface area (Å²) in [4.78, 5) is 17.2. The van der Waals surface area contributed by atoms with Crippen LogP contribution in [-0.4, -0.2) is 19.2 Å². The molecule has 120 valence electrons. The molecule has 4 nitrogen and oxygen atoms in total. The topological polar surface area (TPSA) is 64.1 Å². The third kappa shape index (κ3) is 2.49. The molecule has 23 heavy (non-hydrogen) atoms. The quantitative estimate of drug-likeness (QED) is 0.867. The molecule has 1 heterocycles. The number of pyridine rings is 1. The van der Waals surface area contributed by atoms with Crippen LogP contribution < -0.4 is 0 Å². The predicted octanol–water partition coefficient (Wildman–Crippen LogP) is 3.20. The second-order valence-corrected chi connectivity index (χ2v) is 8.16. The molecule has 0 N–H and O–H groups in total. The molecular formula is C18H19NO3S. The minimum atomic E-state index is -3.85. The highest BCUT2D eigenvalue weighted by Gasteiger charge is 2.54. The minimum absolute atomic E-state index is 0.184. The summed E-state index contributed by atoms with van der Waals surface area (Å²) >= 11 is 0. The highest BCUT2D eigenvalue weighted by Crippen LogP contribution is 2.43. The van der Waals surface area contributed by atoms with Crippen LogP contribution in [0.4, 0.5) is 0 Å². The number of ketones is 1. The number of Topliss-reactive ketones (excluding diaryl/α,β-unsaturated/α-hetero) is 1. The van der Waals surface area contributed by atoms with E-state index in [0.717, 1.165) is 12.0 Å². The zero-order valence-electron chi connectivity index (χ0n) is 13.0. The van der Waals surface area contributed by atoms with Crippen molar-refractivity contribution < 1.29 is 13.2 Å². The van der Waals surface area contributed by atoms with Gasteiger partial charge in [0.05, 0.1) is 10.6 Å². The fraction of sp³-hybridized carbons (Fsp3) is 0.333. The van der Waals surface area contributed by atoms with Gasteiger partial charge in [0, 0.05) is 12.6 Å². The Morgan fingerprint density at radius 3 is 2.39 bits per heavy atom. The van der Waals surface area contributed by atoms with Gasteiger partial charge in [-0.3, -0.25) is 9.78 Å². The van der Waals surface area contributed by atoms with Gasteiger partial charge in [-0.05, 0) is 44.0 Å². The summed E-state index contributed by atoms with van der Waals surface area (Å²) in [7, 11) is -3.85. The number of carbonyl (C=O) groups excluding carboxylic acids is 1. The molecule has 1 saturated carbocycles. The molecule has 5 heteroatoms. The lowest BCUT2D eigenvalue weighted by Gasteiger charge is -2.34. The molecule has 1 unspecified atom stereocenters. The van der Waals surface area contributed by atoms with Crippen molar-refractivity contribution in [2.75, 3.05) is 0 Å². The van der Waals surface area contributed by atoms with Gasteiger partial charge in [-0.2, -0.15) is 0 Å². The van der Waals surface area contributed by atoms with Gasteiger partial charge < -0.3 is 0 Å². The summed E-state index contributed by atoms with van der Waals surface area (Å²) in [6, 6.07) is 11.8. The number of aryl methyl sites for hydroxylation is 1. The highest BCUT2D eigenvalue weighted by atomic mass is 32.2. The Labute approximate surface area is 136 Å². The van der Waals surface area contributed by atoms with Crippen LogP contribution in [0.5, 0.6) is 0 Å². The predicted molar refractivity (Wildman–Crippen MR) is 87.8 cm³/mol. The number of carbonyl (C=O) groups is 1. The van der Waals surface area contributed by atoms with E-state index in [0.29, 0.717) is 18.5 Å². The van der Waals surface area contributed by atoms with Gasteiger partial charge in [0.25, 0.3) is 0 Å². The van der Waals surface area contributed by atoms with Crippen molar-refractivity contribution in [1.29, 1.82) is 0 Å². The van der Waals surface area contributed by atoms with Crippen molar-refractivity contribution in [2.24, 2.45) is 0 Å². The van der Waals surface area contributed by atoms with Crippen molar-refractivity contribution in [3.8, 4) is 0 Å². The standard InChI is InChI=1S/C18H19NO3S/c1-14-8-10-15(11-9-14)23(21,22)18(12-4-2-7-17(18)20)16-6-3-5-13-19-16/h3,5-6,8-11,13H,2,4,7,12H2,1H3. The third-order valence-corrected chi connectivity index (χ3v) is 6.95. The van der Waals surface area contributed by atoms with E-state index in [1.165, 1.54) is 0 Å². The van der Waals surface area contributed by atoms with Crippen LogP contribution in [-0.2, 0) is 19.4 Å². The van der Waals surface area contributed by atoms with Gasteiger partial charge >= 0.3 is 0 Å². The van der Waals surface area contributed by atoms with Gasteiger partial charge in [-0.25, -0.2) is 8.42 Å². The van der Waals surface area contributed by atoms with Crippen molar-refractivity contribution >= 4 is 15.6 Å². The molecule has 2 aromatic rings. The van der Waals surface area contributed by atoms with E-state index in [1.54, 1.807) is 48.7 Å². The fourth-order valence-corrected chi connectivity index (χ4v) is 5.32. The summed E-state index contributed by atoms with van der Waals surface area (Å²) in [5.41, 5.74) is 1.32. The van der Waals surface area contributed by atoms with Gasteiger partial charge in [-0.1, -0.05) is 30.2 Å². The first-order chi connectivity index (χ1) is 11.0. The summed E-state index contributed by atoms with van der Waals surface area (Å²) in [5, 5.41) is 0. The second kappa shape index (κ2) is 5.89. The largest absolute Gasteiger partial charge is 0.297 e. The number of sulfone groups is 1. The number of aromatic nitrogens is 1. The average molecular weight is 329 g/mol. The van der Waals surface area contributed by atoms with E-state index in [1.807, 2.05) is 6.92 Å². The molecule has 0 bridgehead atoms. The summed E-state index contributed by atoms with van der Waals surface area (Å²) in [5.74, 6) is -0.247. The van der Waals surface area contributed by atoms with E-state index < -0.39 is 14.6 Å². The highest BCUT2D eigenvalue weighted by molar-refractivity contribution is 7.93. The molecule has 0 aliphatic heterocycles. The number of hydrogen-bond acceptors (Lipinski definition) is 4. The summed E-state index contributed by atoms with van der Waals surface area (Å²) in [6.07, 6.45) is 3.55. The number of benzene rings is 1. The Morgan fingerprint density at radius 1 is 1.04 bits per heavy atom. The smallest absolute Gasteiger partial charge is 0.196 e. The van der Waals surface area contributed by atoms with Crippen molar-refractivity contribution in [2.45, 2.75) is 42.2 Å². The molecule has 0 amide bonds. The maximum absolute atomic E-state index is 13.4. The molecule has 0 radical (unpaired) electrons. The summed E-state index contributed by atoms with van der Waals surface area (Å²) < 4.78 is 25.2. The lowest BCUT2D eigenvalue weighted by Crippen LogP contribution is -2.46. The van der Waals surface area contributed by atoms with Gasteiger partial charge in [0.2, 0.25) is 0 Å². The van der Waals surface area contributed by atoms with Crippen LogP contribution in [0.1, 0.15) is 36.9 Å². The van der Waals surface area contributed by atoms with Crippen molar-refractivity contribution in [3.63, 3.8) is 0 Å².